The van der Waals surface area contributed by atoms with Crippen LogP contribution in [0.2, 0.25) is 10.0 Å². The third-order valence-electron chi connectivity index (χ3n) is 6.04. The van der Waals surface area contributed by atoms with Crippen molar-refractivity contribution in [2.24, 2.45) is 0 Å². The summed E-state index contributed by atoms with van der Waals surface area (Å²) in [4.78, 5) is 14.9. The van der Waals surface area contributed by atoms with E-state index in [1.165, 1.54) is 55.1 Å². The summed E-state index contributed by atoms with van der Waals surface area (Å²) in [5.41, 5.74) is 1.19. The number of halogens is 3. The molecule has 0 saturated heterocycles. The van der Waals surface area contributed by atoms with Gasteiger partial charge < -0.3 is 10.4 Å². The standard InChI is InChI=1S/C29H25Cl2FN2O4S2/c1-19(29(36)33-17-20-6-2-4-8-27(20)39-28-9-5-3-7-21(28)18-35)34(26-16-23(31)12-15-25(26)32)40(37,38)24-13-10-22(30)11-14-24/h2-16,19,35H,17-18H2,1H3,(H,33,36)/t19-/m0/s1. The Kier molecular flexibility index (Phi) is 9.76. The van der Waals surface area contributed by atoms with Crippen LogP contribution >= 0.6 is 35.0 Å². The molecule has 4 aromatic rings. The van der Waals surface area contributed by atoms with Crippen LogP contribution in [-0.4, -0.2) is 25.5 Å². The van der Waals surface area contributed by atoms with E-state index in [1.54, 1.807) is 0 Å². The van der Waals surface area contributed by atoms with Crippen molar-refractivity contribution in [2.75, 3.05) is 4.31 Å². The molecular formula is C29H25Cl2FN2O4S2. The number of benzene rings is 4. The van der Waals surface area contributed by atoms with E-state index in [0.29, 0.717) is 5.02 Å². The Hall–Kier alpha value is -3.08. The number of nitrogens with zero attached hydrogens (tertiary/aromatic N) is 1. The molecule has 208 valence electrons. The summed E-state index contributed by atoms with van der Waals surface area (Å²) in [7, 11) is -4.41. The summed E-state index contributed by atoms with van der Waals surface area (Å²) < 4.78 is 43.1. The van der Waals surface area contributed by atoms with Crippen LogP contribution in [0.15, 0.2) is 106 Å². The highest BCUT2D eigenvalue weighted by atomic mass is 35.5. The molecular weight excluding hydrogens is 594 g/mol. The molecule has 11 heteroatoms. The summed E-state index contributed by atoms with van der Waals surface area (Å²) in [6, 6.07) is 22.4. The van der Waals surface area contributed by atoms with Crippen molar-refractivity contribution >= 4 is 56.6 Å². The Morgan fingerprint density at radius 2 is 1.50 bits per heavy atom. The number of hydrogen-bond donors (Lipinski definition) is 2. The van der Waals surface area contributed by atoms with Gasteiger partial charge in [-0.15, -0.1) is 0 Å². The van der Waals surface area contributed by atoms with Crippen molar-refractivity contribution in [3.63, 3.8) is 0 Å². The van der Waals surface area contributed by atoms with Gasteiger partial charge in [0.2, 0.25) is 5.91 Å². The molecule has 40 heavy (non-hydrogen) atoms. The summed E-state index contributed by atoms with van der Waals surface area (Å²) in [5, 5.41) is 12.9. The highest BCUT2D eigenvalue weighted by Gasteiger charge is 2.35. The molecule has 0 spiro atoms. The lowest BCUT2D eigenvalue weighted by Crippen LogP contribution is -2.48. The predicted molar refractivity (Wildman–Crippen MR) is 157 cm³/mol. The molecule has 2 N–H and O–H groups in total. The topological polar surface area (TPSA) is 86.7 Å². The maximum absolute atomic E-state index is 15.0. The first kappa shape index (κ1) is 29.9. The summed E-state index contributed by atoms with van der Waals surface area (Å²) >= 11 is 13.5. The van der Waals surface area contributed by atoms with Crippen molar-refractivity contribution in [1.82, 2.24) is 5.32 Å². The van der Waals surface area contributed by atoms with Gasteiger partial charge in [-0.3, -0.25) is 9.10 Å². The number of aliphatic hydroxyl groups is 1. The monoisotopic (exact) mass is 618 g/mol. The molecule has 0 fully saturated rings. The van der Waals surface area contributed by atoms with Crippen molar-refractivity contribution in [3.8, 4) is 0 Å². The van der Waals surface area contributed by atoms with Gasteiger partial charge in [-0.25, -0.2) is 12.8 Å². The minimum absolute atomic E-state index is 0.0838. The number of hydrogen-bond acceptors (Lipinski definition) is 5. The molecule has 0 aliphatic carbocycles. The SMILES string of the molecule is C[C@@H](C(=O)NCc1ccccc1Sc1ccccc1CO)N(c1cc(Cl)ccc1F)S(=O)(=O)c1ccc(Cl)cc1. The normalized spacial score (nSPS) is 12.1. The molecule has 0 heterocycles. The fourth-order valence-corrected chi connectivity index (χ4v) is 6.94. The zero-order chi connectivity index (χ0) is 28.9. The lowest BCUT2D eigenvalue weighted by atomic mass is 10.2. The average Bonchev–Trinajstić information content (AvgIpc) is 2.94. The average molecular weight is 620 g/mol. The number of aliphatic hydroxyl groups excluding tert-OH is 1. The molecule has 1 atom stereocenters. The van der Waals surface area contributed by atoms with Gasteiger partial charge in [0.15, 0.2) is 0 Å². The first-order chi connectivity index (χ1) is 19.1. The van der Waals surface area contributed by atoms with Crippen LogP contribution in [0.1, 0.15) is 18.1 Å². The predicted octanol–water partition coefficient (Wildman–Crippen LogP) is 6.68. The van der Waals surface area contributed by atoms with E-state index < -0.39 is 27.8 Å². The number of sulfonamides is 1. The molecule has 0 aromatic heterocycles. The van der Waals surface area contributed by atoms with Crippen molar-refractivity contribution in [2.45, 2.75) is 40.8 Å². The fourth-order valence-electron chi connectivity index (χ4n) is 3.96. The highest BCUT2D eigenvalue weighted by molar-refractivity contribution is 7.99. The smallest absolute Gasteiger partial charge is 0.265 e. The van der Waals surface area contributed by atoms with E-state index in [0.717, 1.165) is 31.3 Å². The number of rotatable bonds is 10. The minimum Gasteiger partial charge on any atom is -0.392 e. The van der Waals surface area contributed by atoms with Gasteiger partial charge in [-0.1, -0.05) is 71.4 Å². The lowest BCUT2D eigenvalue weighted by Gasteiger charge is -2.30. The minimum atomic E-state index is -4.41. The molecule has 4 aromatic carbocycles. The van der Waals surface area contributed by atoms with E-state index in [9.17, 15) is 22.7 Å². The largest absolute Gasteiger partial charge is 0.392 e. The van der Waals surface area contributed by atoms with Crippen LogP contribution in [0.3, 0.4) is 0 Å². The van der Waals surface area contributed by atoms with Crippen LogP contribution in [0.25, 0.3) is 0 Å². The molecule has 0 bridgehead atoms. The van der Waals surface area contributed by atoms with Crippen LogP contribution in [-0.2, 0) is 28.0 Å². The van der Waals surface area contributed by atoms with Crippen molar-refractivity contribution < 1.29 is 22.7 Å². The highest BCUT2D eigenvalue weighted by Crippen LogP contribution is 2.34. The quantitative estimate of drug-likeness (QED) is 0.207. The Labute approximate surface area is 246 Å². The van der Waals surface area contributed by atoms with Gasteiger partial charge >= 0.3 is 0 Å². The Bertz CT molecular complexity index is 1620. The van der Waals surface area contributed by atoms with Crippen LogP contribution < -0.4 is 9.62 Å². The maximum atomic E-state index is 15.0. The van der Waals surface area contributed by atoms with Gasteiger partial charge in [0.05, 0.1) is 17.2 Å². The van der Waals surface area contributed by atoms with E-state index in [4.69, 9.17) is 23.2 Å². The molecule has 4 rings (SSSR count). The third-order valence-corrected chi connectivity index (χ3v) is 9.66. The van der Waals surface area contributed by atoms with E-state index >= 15 is 0 Å². The molecule has 0 aliphatic heterocycles. The fraction of sp³-hybridized carbons (Fsp3) is 0.138. The van der Waals surface area contributed by atoms with Gasteiger partial charge in [0, 0.05) is 26.4 Å². The number of carbonyl (C=O) groups excluding carboxylic acids is 1. The zero-order valence-corrected chi connectivity index (χ0v) is 24.4. The van der Waals surface area contributed by atoms with Gasteiger partial charge in [-0.2, -0.15) is 0 Å². The molecule has 0 unspecified atom stereocenters. The Balaban J connectivity index is 1.62. The van der Waals surface area contributed by atoms with E-state index in [1.807, 2.05) is 48.5 Å². The van der Waals surface area contributed by atoms with E-state index in [2.05, 4.69) is 5.32 Å². The van der Waals surface area contributed by atoms with E-state index in [-0.39, 0.29) is 28.8 Å². The first-order valence-electron chi connectivity index (χ1n) is 12.1. The lowest BCUT2D eigenvalue weighted by molar-refractivity contribution is -0.122. The maximum Gasteiger partial charge on any atom is 0.265 e. The van der Waals surface area contributed by atoms with Crippen LogP contribution in [0, 0.1) is 5.82 Å². The summed E-state index contributed by atoms with van der Waals surface area (Å²) in [6.07, 6.45) is 0. The number of anilines is 1. The summed E-state index contributed by atoms with van der Waals surface area (Å²) in [6.45, 7) is 1.35. The van der Waals surface area contributed by atoms with Crippen molar-refractivity contribution in [1.29, 1.82) is 0 Å². The molecule has 0 saturated carbocycles. The number of amides is 1. The molecule has 6 nitrogen and oxygen atoms in total. The summed E-state index contributed by atoms with van der Waals surface area (Å²) in [5.74, 6) is -1.50. The number of nitrogens with one attached hydrogen (secondary N) is 1. The van der Waals surface area contributed by atoms with Crippen LogP contribution in [0.5, 0.6) is 0 Å². The van der Waals surface area contributed by atoms with Gasteiger partial charge in [-0.05, 0) is 72.6 Å². The molecule has 0 radical (unpaired) electrons. The second kappa shape index (κ2) is 13.1. The molecule has 1 amide bonds. The second-order valence-corrected chi connectivity index (χ2v) is 12.5. The molecule has 0 aliphatic rings. The Morgan fingerprint density at radius 1 is 0.925 bits per heavy atom. The van der Waals surface area contributed by atoms with Crippen molar-refractivity contribution in [3.05, 3.63) is 118 Å². The first-order valence-corrected chi connectivity index (χ1v) is 15.1. The van der Waals surface area contributed by atoms with Gasteiger partial charge in [0.1, 0.15) is 11.9 Å². The second-order valence-electron chi connectivity index (χ2n) is 8.72. The van der Waals surface area contributed by atoms with Crippen LogP contribution in [0.4, 0.5) is 10.1 Å². The zero-order valence-electron chi connectivity index (χ0n) is 21.2. The van der Waals surface area contributed by atoms with Gasteiger partial charge in [0.25, 0.3) is 10.0 Å². The number of carbonyl (C=O) groups is 1. The Morgan fingerprint density at radius 3 is 2.15 bits per heavy atom. The third kappa shape index (κ3) is 6.79.